The van der Waals surface area contributed by atoms with Crippen LogP contribution in [0.1, 0.15) is 49.5 Å². The number of fused-ring (bicyclic) bond motifs is 1. The van der Waals surface area contributed by atoms with Gasteiger partial charge in [0.15, 0.2) is 5.69 Å². The summed E-state index contributed by atoms with van der Waals surface area (Å²) in [4.78, 5) is 28.8. The fourth-order valence-corrected chi connectivity index (χ4v) is 4.66. The highest BCUT2D eigenvalue weighted by Gasteiger charge is 2.21. The van der Waals surface area contributed by atoms with E-state index in [2.05, 4.69) is 22.2 Å². The Morgan fingerprint density at radius 2 is 1.97 bits per heavy atom. The minimum Gasteiger partial charge on any atom is -0.497 e. The van der Waals surface area contributed by atoms with Gasteiger partial charge in [-0.25, -0.2) is 0 Å². The quantitative estimate of drug-likeness (QED) is 0.531. The summed E-state index contributed by atoms with van der Waals surface area (Å²) in [7, 11) is 1.57. The SMILES string of the molecule is CC[C@H]1CCCCN1CCCNC(=O)c1nn(-c2cccc(OC)c2)c(=O)c2ccccc12. The summed E-state index contributed by atoms with van der Waals surface area (Å²) < 4.78 is 6.56. The Morgan fingerprint density at radius 3 is 2.76 bits per heavy atom. The van der Waals surface area contributed by atoms with Gasteiger partial charge >= 0.3 is 0 Å². The molecule has 2 heterocycles. The molecule has 0 aliphatic carbocycles. The van der Waals surface area contributed by atoms with Crippen molar-refractivity contribution in [1.82, 2.24) is 20.0 Å². The van der Waals surface area contributed by atoms with Gasteiger partial charge in [0, 0.05) is 30.6 Å². The Morgan fingerprint density at radius 1 is 1.15 bits per heavy atom. The Kier molecular flexibility index (Phi) is 7.40. The first-order valence-corrected chi connectivity index (χ1v) is 11.8. The highest BCUT2D eigenvalue weighted by atomic mass is 16.5. The van der Waals surface area contributed by atoms with Crippen LogP contribution < -0.4 is 15.6 Å². The lowest BCUT2D eigenvalue weighted by Gasteiger charge is -2.35. The van der Waals surface area contributed by atoms with Crippen molar-refractivity contribution in [3.8, 4) is 11.4 Å². The minimum absolute atomic E-state index is 0.248. The van der Waals surface area contributed by atoms with E-state index in [1.807, 2.05) is 6.07 Å². The molecule has 1 amide bonds. The van der Waals surface area contributed by atoms with Gasteiger partial charge in [0.1, 0.15) is 5.75 Å². The Labute approximate surface area is 194 Å². The number of methoxy groups -OCH3 is 1. The van der Waals surface area contributed by atoms with E-state index in [0.29, 0.717) is 34.8 Å². The molecule has 1 N–H and O–H groups in total. The number of benzene rings is 2. The first kappa shape index (κ1) is 23.0. The van der Waals surface area contributed by atoms with Crippen LogP contribution in [0.2, 0.25) is 0 Å². The van der Waals surface area contributed by atoms with Crippen LogP contribution in [-0.2, 0) is 0 Å². The first-order valence-electron chi connectivity index (χ1n) is 11.8. The fourth-order valence-electron chi connectivity index (χ4n) is 4.66. The molecule has 174 valence electrons. The molecule has 4 rings (SSSR count). The standard InChI is InChI=1S/C26H32N4O3/c1-3-19-10-6-7-16-29(19)17-9-15-27-25(31)24-22-13-4-5-14-23(22)26(32)30(28-24)20-11-8-12-21(18-20)33-2/h4-5,8,11-14,18-19H,3,6-7,9-10,15-17H2,1-2H3,(H,27,31)/t19-/m0/s1. The van der Waals surface area contributed by atoms with Crippen molar-refractivity contribution in [2.45, 2.75) is 45.1 Å². The maximum absolute atomic E-state index is 13.1. The Hall–Kier alpha value is -3.19. The molecule has 33 heavy (non-hydrogen) atoms. The molecule has 3 aromatic rings. The number of rotatable bonds is 8. The number of piperidine rings is 1. The molecular formula is C26H32N4O3. The van der Waals surface area contributed by atoms with E-state index in [1.165, 1.54) is 30.4 Å². The van der Waals surface area contributed by atoms with Crippen LogP contribution in [0, 0.1) is 0 Å². The molecule has 1 saturated heterocycles. The Balaban J connectivity index is 1.54. The second-order valence-electron chi connectivity index (χ2n) is 8.52. The summed E-state index contributed by atoms with van der Waals surface area (Å²) in [6.07, 6.45) is 5.90. The molecule has 1 atom stereocenters. The molecule has 1 aromatic heterocycles. The lowest BCUT2D eigenvalue weighted by atomic mass is 10.00. The van der Waals surface area contributed by atoms with Crippen LogP contribution in [0.5, 0.6) is 5.75 Å². The van der Waals surface area contributed by atoms with Gasteiger partial charge in [0.05, 0.1) is 18.2 Å². The summed E-state index contributed by atoms with van der Waals surface area (Å²) in [5, 5.41) is 8.50. The van der Waals surface area contributed by atoms with Crippen LogP contribution in [0.4, 0.5) is 0 Å². The summed E-state index contributed by atoms with van der Waals surface area (Å²) in [5.41, 5.74) is 0.526. The third kappa shape index (κ3) is 5.09. The maximum atomic E-state index is 13.1. The molecule has 7 heteroatoms. The number of hydrogen-bond donors (Lipinski definition) is 1. The summed E-state index contributed by atoms with van der Waals surface area (Å²) in [6.45, 7) is 4.94. The number of nitrogens with one attached hydrogen (secondary N) is 1. The molecule has 2 aromatic carbocycles. The van der Waals surface area contributed by atoms with E-state index >= 15 is 0 Å². The van der Waals surface area contributed by atoms with Crippen molar-refractivity contribution >= 4 is 16.7 Å². The van der Waals surface area contributed by atoms with Crippen molar-refractivity contribution in [1.29, 1.82) is 0 Å². The fraction of sp³-hybridized carbons (Fsp3) is 0.423. The predicted octanol–water partition coefficient (Wildman–Crippen LogP) is 3.78. The number of ether oxygens (including phenoxy) is 1. The third-order valence-electron chi connectivity index (χ3n) is 6.45. The van der Waals surface area contributed by atoms with Gasteiger partial charge in [0.2, 0.25) is 0 Å². The van der Waals surface area contributed by atoms with Crippen LogP contribution in [0.3, 0.4) is 0 Å². The second kappa shape index (κ2) is 10.6. The molecule has 0 radical (unpaired) electrons. The number of likely N-dealkylation sites (tertiary alicyclic amines) is 1. The van der Waals surface area contributed by atoms with Crippen molar-refractivity contribution in [2.24, 2.45) is 0 Å². The zero-order valence-corrected chi connectivity index (χ0v) is 19.4. The summed E-state index contributed by atoms with van der Waals surface area (Å²) >= 11 is 0. The number of aromatic nitrogens is 2. The van der Waals surface area contributed by atoms with E-state index in [4.69, 9.17) is 4.74 Å². The number of carbonyl (C=O) groups excluding carboxylic acids is 1. The molecule has 0 bridgehead atoms. The van der Waals surface area contributed by atoms with Crippen LogP contribution in [-0.4, -0.2) is 53.4 Å². The molecule has 1 aliphatic rings. The lowest BCUT2D eigenvalue weighted by molar-refractivity contribution is 0.0942. The lowest BCUT2D eigenvalue weighted by Crippen LogP contribution is -2.40. The number of carbonyl (C=O) groups is 1. The summed E-state index contributed by atoms with van der Waals surface area (Å²) in [5.74, 6) is 0.344. The van der Waals surface area contributed by atoms with Gasteiger partial charge in [-0.05, 0) is 50.4 Å². The van der Waals surface area contributed by atoms with E-state index < -0.39 is 0 Å². The first-order chi connectivity index (χ1) is 16.1. The van der Waals surface area contributed by atoms with Gasteiger partial charge in [-0.2, -0.15) is 9.78 Å². The number of amides is 1. The van der Waals surface area contributed by atoms with Crippen LogP contribution >= 0.6 is 0 Å². The summed E-state index contributed by atoms with van der Waals surface area (Å²) in [6, 6.07) is 14.9. The zero-order valence-electron chi connectivity index (χ0n) is 19.4. The van der Waals surface area contributed by atoms with Crippen molar-refractivity contribution in [2.75, 3.05) is 26.7 Å². The predicted molar refractivity (Wildman–Crippen MR) is 130 cm³/mol. The minimum atomic E-state index is -0.272. The van der Waals surface area contributed by atoms with Crippen molar-refractivity contribution < 1.29 is 9.53 Å². The van der Waals surface area contributed by atoms with E-state index in [-0.39, 0.29) is 17.2 Å². The van der Waals surface area contributed by atoms with Gasteiger partial charge in [-0.3, -0.25) is 9.59 Å². The van der Waals surface area contributed by atoms with Gasteiger partial charge < -0.3 is 15.0 Å². The zero-order chi connectivity index (χ0) is 23.2. The highest BCUT2D eigenvalue weighted by molar-refractivity contribution is 6.04. The highest BCUT2D eigenvalue weighted by Crippen LogP contribution is 2.20. The normalized spacial score (nSPS) is 16.6. The smallest absolute Gasteiger partial charge is 0.279 e. The van der Waals surface area contributed by atoms with Gasteiger partial charge in [-0.1, -0.05) is 37.6 Å². The van der Waals surface area contributed by atoms with Gasteiger partial charge in [-0.15, -0.1) is 0 Å². The molecule has 1 fully saturated rings. The average molecular weight is 449 g/mol. The van der Waals surface area contributed by atoms with E-state index in [9.17, 15) is 9.59 Å². The number of nitrogens with zero attached hydrogens (tertiary/aromatic N) is 3. The average Bonchev–Trinajstić information content (AvgIpc) is 2.87. The topological polar surface area (TPSA) is 76.5 Å². The van der Waals surface area contributed by atoms with E-state index in [1.54, 1.807) is 49.6 Å². The molecule has 0 saturated carbocycles. The monoisotopic (exact) mass is 448 g/mol. The largest absolute Gasteiger partial charge is 0.497 e. The third-order valence-corrected chi connectivity index (χ3v) is 6.45. The van der Waals surface area contributed by atoms with Crippen LogP contribution in [0.25, 0.3) is 16.5 Å². The van der Waals surface area contributed by atoms with Crippen molar-refractivity contribution in [3.05, 3.63) is 64.6 Å². The maximum Gasteiger partial charge on any atom is 0.279 e. The molecule has 7 nitrogen and oxygen atoms in total. The Bertz CT molecular complexity index is 1170. The second-order valence-corrected chi connectivity index (χ2v) is 8.52. The number of hydrogen-bond acceptors (Lipinski definition) is 5. The molecule has 1 aliphatic heterocycles. The molecular weight excluding hydrogens is 416 g/mol. The van der Waals surface area contributed by atoms with Crippen molar-refractivity contribution in [3.63, 3.8) is 0 Å². The van der Waals surface area contributed by atoms with Gasteiger partial charge in [0.25, 0.3) is 11.5 Å². The van der Waals surface area contributed by atoms with E-state index in [0.717, 1.165) is 19.5 Å². The van der Waals surface area contributed by atoms with Crippen LogP contribution in [0.15, 0.2) is 53.3 Å². The molecule has 0 unspecified atom stereocenters. The molecule has 0 spiro atoms.